The molecule has 3 heterocycles. The fourth-order valence-corrected chi connectivity index (χ4v) is 5.35. The molecule has 0 saturated carbocycles. The Bertz CT molecular complexity index is 1220. The number of fused-ring (bicyclic) bond motifs is 2. The third-order valence-electron chi connectivity index (χ3n) is 6.20. The van der Waals surface area contributed by atoms with Crippen molar-refractivity contribution < 1.29 is 9.84 Å². The van der Waals surface area contributed by atoms with Crippen molar-refractivity contribution in [3.63, 3.8) is 0 Å². The van der Waals surface area contributed by atoms with Crippen molar-refractivity contribution in [1.29, 1.82) is 0 Å². The Kier molecular flexibility index (Phi) is 9.31. The van der Waals surface area contributed by atoms with E-state index in [1.54, 1.807) is 18.4 Å². The van der Waals surface area contributed by atoms with Crippen LogP contribution in [0.25, 0.3) is 21.3 Å². The average molecular weight is 517 g/mol. The SMILES string of the molecule is COCCn1c(Nc2nc3ccc(Cl)cc3s2)nc2ccccc21.NCC1CCN(CCO)CC1. The van der Waals surface area contributed by atoms with Gasteiger partial charge in [0.25, 0.3) is 0 Å². The quantitative estimate of drug-likeness (QED) is 0.320. The number of methoxy groups -OCH3 is 1. The highest BCUT2D eigenvalue weighted by molar-refractivity contribution is 7.22. The number of anilines is 2. The van der Waals surface area contributed by atoms with Gasteiger partial charge in [-0.1, -0.05) is 35.1 Å². The molecule has 4 aromatic rings. The maximum atomic E-state index is 8.68. The number of aliphatic hydroxyl groups excluding tert-OH is 1. The van der Waals surface area contributed by atoms with Crippen LogP contribution in [0, 0.1) is 5.92 Å². The average Bonchev–Trinajstić information content (AvgIpc) is 3.43. The van der Waals surface area contributed by atoms with Crippen LogP contribution in [-0.2, 0) is 11.3 Å². The maximum absolute atomic E-state index is 8.68. The maximum Gasteiger partial charge on any atom is 0.210 e. The van der Waals surface area contributed by atoms with E-state index in [9.17, 15) is 0 Å². The number of nitrogens with one attached hydrogen (secondary N) is 1. The van der Waals surface area contributed by atoms with Gasteiger partial charge < -0.3 is 30.4 Å². The predicted molar refractivity (Wildman–Crippen MR) is 145 cm³/mol. The number of aliphatic hydroxyl groups is 1. The molecule has 0 unspecified atom stereocenters. The summed E-state index contributed by atoms with van der Waals surface area (Å²) in [7, 11) is 1.70. The van der Waals surface area contributed by atoms with Crippen LogP contribution in [0.1, 0.15) is 12.8 Å². The van der Waals surface area contributed by atoms with Crippen molar-refractivity contribution in [3.8, 4) is 0 Å². The molecular formula is C25H33ClN6O2S. The highest BCUT2D eigenvalue weighted by Gasteiger charge is 2.17. The van der Waals surface area contributed by atoms with Gasteiger partial charge in [0, 0.05) is 25.2 Å². The number of hydrogen-bond donors (Lipinski definition) is 3. The fourth-order valence-electron chi connectivity index (χ4n) is 4.21. The van der Waals surface area contributed by atoms with E-state index >= 15 is 0 Å². The van der Waals surface area contributed by atoms with Crippen molar-refractivity contribution in [2.45, 2.75) is 19.4 Å². The van der Waals surface area contributed by atoms with E-state index in [0.717, 1.165) is 71.0 Å². The van der Waals surface area contributed by atoms with E-state index in [-0.39, 0.29) is 6.61 Å². The predicted octanol–water partition coefficient (Wildman–Crippen LogP) is 4.34. The van der Waals surface area contributed by atoms with E-state index in [1.807, 2.05) is 36.4 Å². The van der Waals surface area contributed by atoms with Gasteiger partial charge in [-0.15, -0.1) is 0 Å². The molecule has 0 amide bonds. The van der Waals surface area contributed by atoms with Crippen LogP contribution in [-0.4, -0.2) is 71.0 Å². The second-order valence-electron chi connectivity index (χ2n) is 8.57. The summed E-state index contributed by atoms with van der Waals surface area (Å²) in [5.74, 6) is 1.49. The van der Waals surface area contributed by atoms with Gasteiger partial charge in [0.2, 0.25) is 5.95 Å². The zero-order valence-electron chi connectivity index (χ0n) is 20.0. The first kappa shape index (κ1) is 25.8. The Balaban J connectivity index is 0.000000221. The first-order valence-corrected chi connectivity index (χ1v) is 13.1. The number of halogens is 1. The standard InChI is InChI=1S/C17H15ClN4OS.C8H18N2O/c1-23-9-8-22-14-5-3-2-4-12(14)19-16(22)21-17-20-13-7-6-11(18)10-15(13)24-17;9-7-8-1-3-10(4-2-8)5-6-11/h2-7,10H,8-9H2,1H3,(H,19,20,21);8,11H,1-7,9H2. The van der Waals surface area contributed by atoms with E-state index in [0.29, 0.717) is 11.6 Å². The first-order chi connectivity index (χ1) is 17.1. The largest absolute Gasteiger partial charge is 0.395 e. The van der Waals surface area contributed by atoms with Gasteiger partial charge in [0.15, 0.2) is 5.13 Å². The third-order valence-corrected chi connectivity index (χ3v) is 7.37. The Hall–Kier alpha value is -2.27. The lowest BCUT2D eigenvalue weighted by Gasteiger charge is -2.30. The summed E-state index contributed by atoms with van der Waals surface area (Å²) in [5, 5.41) is 13.5. The molecule has 4 N–H and O–H groups in total. The van der Waals surface area contributed by atoms with Gasteiger partial charge in [-0.05, 0) is 68.7 Å². The molecule has 1 aliphatic rings. The summed E-state index contributed by atoms with van der Waals surface area (Å²) in [6.45, 7) is 5.50. The number of likely N-dealkylation sites (tertiary alicyclic amines) is 1. The minimum atomic E-state index is 0.285. The Morgan fingerprint density at radius 3 is 2.69 bits per heavy atom. The lowest BCUT2D eigenvalue weighted by molar-refractivity contribution is 0.150. The number of ether oxygens (including phenoxy) is 1. The van der Waals surface area contributed by atoms with Gasteiger partial charge in [-0.3, -0.25) is 0 Å². The van der Waals surface area contributed by atoms with E-state index in [4.69, 9.17) is 27.2 Å². The molecule has 2 aromatic heterocycles. The number of nitrogens with two attached hydrogens (primary N) is 1. The normalized spacial score (nSPS) is 14.9. The summed E-state index contributed by atoms with van der Waals surface area (Å²) in [6, 6.07) is 13.8. The van der Waals surface area contributed by atoms with Gasteiger partial charge in [-0.2, -0.15) is 0 Å². The number of aromatic nitrogens is 3. The summed E-state index contributed by atoms with van der Waals surface area (Å²) in [4.78, 5) is 11.6. The highest BCUT2D eigenvalue weighted by atomic mass is 35.5. The topological polar surface area (TPSA) is 101 Å². The zero-order valence-corrected chi connectivity index (χ0v) is 21.6. The lowest BCUT2D eigenvalue weighted by atomic mass is 9.97. The van der Waals surface area contributed by atoms with Crippen molar-refractivity contribution in [1.82, 2.24) is 19.4 Å². The van der Waals surface area contributed by atoms with Gasteiger partial charge >= 0.3 is 0 Å². The molecule has 2 aromatic carbocycles. The van der Waals surface area contributed by atoms with Gasteiger partial charge in [-0.25, -0.2) is 9.97 Å². The number of hydrogen-bond acceptors (Lipinski definition) is 8. The van der Waals surface area contributed by atoms with Gasteiger partial charge in [0.1, 0.15) is 0 Å². The number of benzene rings is 2. The molecule has 0 aliphatic carbocycles. The Morgan fingerprint density at radius 1 is 1.14 bits per heavy atom. The fraction of sp³-hybridized carbons (Fsp3) is 0.440. The van der Waals surface area contributed by atoms with Crippen molar-refractivity contribution in [2.24, 2.45) is 11.7 Å². The minimum Gasteiger partial charge on any atom is -0.395 e. The molecular weight excluding hydrogens is 484 g/mol. The number of thiazole rings is 1. The van der Waals surface area contributed by atoms with E-state index < -0.39 is 0 Å². The van der Waals surface area contributed by atoms with Crippen LogP contribution in [0.15, 0.2) is 42.5 Å². The van der Waals surface area contributed by atoms with E-state index in [2.05, 4.69) is 30.8 Å². The van der Waals surface area contributed by atoms with Crippen LogP contribution >= 0.6 is 22.9 Å². The second kappa shape index (κ2) is 12.6. The number of nitrogens with zero attached hydrogens (tertiary/aromatic N) is 4. The van der Waals surface area contributed by atoms with E-state index in [1.165, 1.54) is 12.8 Å². The van der Waals surface area contributed by atoms with Crippen LogP contribution in [0.4, 0.5) is 11.1 Å². The molecule has 188 valence electrons. The molecule has 0 atom stereocenters. The van der Waals surface area contributed by atoms with Crippen molar-refractivity contribution in [2.75, 3.05) is 51.8 Å². The smallest absolute Gasteiger partial charge is 0.210 e. The van der Waals surface area contributed by atoms with Crippen LogP contribution in [0.3, 0.4) is 0 Å². The van der Waals surface area contributed by atoms with Crippen LogP contribution in [0.2, 0.25) is 5.02 Å². The summed E-state index contributed by atoms with van der Waals surface area (Å²) >= 11 is 7.61. The highest BCUT2D eigenvalue weighted by Crippen LogP contribution is 2.31. The monoisotopic (exact) mass is 516 g/mol. The molecule has 10 heteroatoms. The minimum absolute atomic E-state index is 0.285. The zero-order chi connectivity index (χ0) is 24.6. The number of para-hydroxylation sites is 2. The third kappa shape index (κ3) is 6.69. The van der Waals surface area contributed by atoms with Crippen LogP contribution in [0.5, 0.6) is 0 Å². The number of piperidine rings is 1. The molecule has 0 bridgehead atoms. The Morgan fingerprint density at radius 2 is 1.94 bits per heavy atom. The molecule has 0 radical (unpaired) electrons. The summed E-state index contributed by atoms with van der Waals surface area (Å²) in [6.07, 6.45) is 2.41. The number of imidazole rings is 1. The molecule has 1 fully saturated rings. The molecule has 35 heavy (non-hydrogen) atoms. The summed E-state index contributed by atoms with van der Waals surface area (Å²) in [5.41, 5.74) is 8.49. The van der Waals surface area contributed by atoms with Crippen molar-refractivity contribution in [3.05, 3.63) is 47.5 Å². The molecule has 1 aliphatic heterocycles. The molecule has 0 spiro atoms. The summed E-state index contributed by atoms with van der Waals surface area (Å²) < 4.78 is 8.38. The van der Waals surface area contributed by atoms with Crippen LogP contribution < -0.4 is 11.1 Å². The van der Waals surface area contributed by atoms with Crippen molar-refractivity contribution >= 4 is 55.3 Å². The first-order valence-electron chi connectivity index (χ1n) is 11.9. The number of β-amino-alcohol motifs (C(OH)–C–C–N with tert-alkyl or cyclic N) is 1. The van der Waals surface area contributed by atoms with Gasteiger partial charge in [0.05, 0.1) is 34.5 Å². The molecule has 8 nitrogen and oxygen atoms in total. The second-order valence-corrected chi connectivity index (χ2v) is 10.0. The molecule has 5 rings (SSSR count). The Labute approximate surface area is 214 Å². The lowest BCUT2D eigenvalue weighted by Crippen LogP contribution is -2.37. The number of rotatable bonds is 8. The molecule has 1 saturated heterocycles.